The first kappa shape index (κ1) is 17.7. The number of halogens is 1. The predicted molar refractivity (Wildman–Crippen MR) is 92.9 cm³/mol. The molecule has 2 aromatic carbocycles. The molecule has 0 fully saturated rings. The molecular formula is C17H17ClN2O4. The van der Waals surface area contributed by atoms with Crippen molar-refractivity contribution in [2.45, 2.75) is 20.8 Å². The highest BCUT2D eigenvalue weighted by atomic mass is 35.5. The Morgan fingerprint density at radius 3 is 2.46 bits per heavy atom. The number of amides is 1. The predicted octanol–water partition coefficient (Wildman–Crippen LogP) is 4.19. The Balaban J connectivity index is 2.08. The van der Waals surface area contributed by atoms with Crippen LogP contribution in [0.3, 0.4) is 0 Å². The van der Waals surface area contributed by atoms with Gasteiger partial charge in [-0.1, -0.05) is 11.6 Å². The average molecular weight is 349 g/mol. The molecule has 2 aromatic rings. The molecule has 0 radical (unpaired) electrons. The highest BCUT2D eigenvalue weighted by Gasteiger charge is 2.17. The molecule has 24 heavy (non-hydrogen) atoms. The van der Waals surface area contributed by atoms with Crippen molar-refractivity contribution in [1.82, 2.24) is 0 Å². The molecule has 7 heteroatoms. The number of hydrogen-bond acceptors (Lipinski definition) is 4. The van der Waals surface area contributed by atoms with E-state index in [1.54, 1.807) is 31.2 Å². The number of nitrogens with one attached hydrogen (secondary N) is 1. The summed E-state index contributed by atoms with van der Waals surface area (Å²) in [5.74, 6) is 0.0237. The van der Waals surface area contributed by atoms with Gasteiger partial charge in [-0.25, -0.2) is 0 Å². The molecule has 0 unspecified atom stereocenters. The van der Waals surface area contributed by atoms with Gasteiger partial charge in [0, 0.05) is 11.1 Å². The molecule has 0 aliphatic carbocycles. The van der Waals surface area contributed by atoms with Crippen LogP contribution in [0.15, 0.2) is 30.3 Å². The quantitative estimate of drug-likeness (QED) is 0.648. The summed E-state index contributed by atoms with van der Waals surface area (Å²) in [5.41, 5.74) is 2.48. The zero-order valence-electron chi connectivity index (χ0n) is 13.6. The zero-order chi connectivity index (χ0) is 17.9. The topological polar surface area (TPSA) is 81.5 Å². The van der Waals surface area contributed by atoms with Crippen LogP contribution in [0.2, 0.25) is 5.02 Å². The van der Waals surface area contributed by atoms with Crippen LogP contribution in [0.4, 0.5) is 11.4 Å². The maximum atomic E-state index is 12.0. The van der Waals surface area contributed by atoms with Gasteiger partial charge in [-0.3, -0.25) is 14.9 Å². The largest absolute Gasteiger partial charge is 0.484 e. The van der Waals surface area contributed by atoms with E-state index >= 15 is 0 Å². The molecule has 1 N–H and O–H groups in total. The highest BCUT2D eigenvalue weighted by Crippen LogP contribution is 2.28. The third kappa shape index (κ3) is 4.23. The number of aryl methyl sites for hydroxylation is 3. The van der Waals surface area contributed by atoms with Crippen LogP contribution in [0.5, 0.6) is 5.75 Å². The maximum Gasteiger partial charge on any atom is 0.293 e. The molecule has 1 amide bonds. The van der Waals surface area contributed by atoms with Crippen molar-refractivity contribution < 1.29 is 14.5 Å². The van der Waals surface area contributed by atoms with Gasteiger partial charge in [0.1, 0.15) is 11.4 Å². The van der Waals surface area contributed by atoms with E-state index < -0.39 is 10.8 Å². The average Bonchev–Trinajstić information content (AvgIpc) is 2.51. The molecule has 0 aromatic heterocycles. The zero-order valence-corrected chi connectivity index (χ0v) is 14.3. The molecule has 0 saturated carbocycles. The van der Waals surface area contributed by atoms with Crippen LogP contribution in [0, 0.1) is 30.9 Å². The summed E-state index contributed by atoms with van der Waals surface area (Å²) < 4.78 is 5.39. The monoisotopic (exact) mass is 348 g/mol. The van der Waals surface area contributed by atoms with Gasteiger partial charge in [-0.05, 0) is 61.7 Å². The summed E-state index contributed by atoms with van der Waals surface area (Å²) in [6.45, 7) is 5.17. The fourth-order valence-electron chi connectivity index (χ4n) is 2.09. The van der Waals surface area contributed by atoms with E-state index in [2.05, 4.69) is 5.32 Å². The lowest BCUT2D eigenvalue weighted by molar-refractivity contribution is -0.384. The van der Waals surface area contributed by atoms with Crippen molar-refractivity contribution in [3.63, 3.8) is 0 Å². The van der Waals surface area contributed by atoms with Crippen LogP contribution in [-0.2, 0) is 4.79 Å². The minimum absolute atomic E-state index is 0.145. The summed E-state index contributed by atoms with van der Waals surface area (Å²) in [5, 5.41) is 14.3. The highest BCUT2D eigenvalue weighted by molar-refractivity contribution is 6.31. The standard InChI is InChI=1S/C17H17ClN2O4/c1-10-7-15(16(20(22)23)8-11(10)2)19-17(21)9-24-13-4-5-14(18)12(3)6-13/h4-8H,9H2,1-3H3,(H,19,21). The second-order valence-corrected chi connectivity index (χ2v) is 5.87. The Labute approximate surface area is 144 Å². The van der Waals surface area contributed by atoms with Crippen LogP contribution in [0.25, 0.3) is 0 Å². The van der Waals surface area contributed by atoms with Gasteiger partial charge in [-0.15, -0.1) is 0 Å². The number of nitrogens with zero attached hydrogens (tertiary/aromatic N) is 1. The Bertz CT molecular complexity index is 805. The van der Waals surface area contributed by atoms with E-state index in [0.717, 1.165) is 16.7 Å². The Morgan fingerprint density at radius 2 is 1.83 bits per heavy atom. The van der Waals surface area contributed by atoms with Crippen molar-refractivity contribution in [2.24, 2.45) is 0 Å². The lowest BCUT2D eigenvalue weighted by atomic mass is 10.1. The van der Waals surface area contributed by atoms with Crippen molar-refractivity contribution in [2.75, 3.05) is 11.9 Å². The lowest BCUT2D eigenvalue weighted by Gasteiger charge is -2.10. The Morgan fingerprint density at radius 1 is 1.17 bits per heavy atom. The second kappa shape index (κ2) is 7.31. The van der Waals surface area contributed by atoms with Gasteiger partial charge < -0.3 is 10.1 Å². The van der Waals surface area contributed by atoms with E-state index in [9.17, 15) is 14.9 Å². The second-order valence-electron chi connectivity index (χ2n) is 5.46. The first-order chi connectivity index (χ1) is 11.3. The summed E-state index contributed by atoms with van der Waals surface area (Å²) in [4.78, 5) is 22.6. The first-order valence-corrected chi connectivity index (χ1v) is 7.60. The van der Waals surface area contributed by atoms with E-state index in [0.29, 0.717) is 10.8 Å². The third-order valence-electron chi connectivity index (χ3n) is 3.58. The molecular weight excluding hydrogens is 332 g/mol. The number of carbonyl (C=O) groups excluding carboxylic acids is 1. The third-order valence-corrected chi connectivity index (χ3v) is 4.01. The van der Waals surface area contributed by atoms with Crippen LogP contribution < -0.4 is 10.1 Å². The molecule has 0 bridgehead atoms. The molecule has 0 atom stereocenters. The summed E-state index contributed by atoms with van der Waals surface area (Å²) in [6, 6.07) is 8.07. The van der Waals surface area contributed by atoms with Gasteiger partial charge in [0.25, 0.3) is 11.6 Å². The van der Waals surface area contributed by atoms with Gasteiger partial charge in [0.2, 0.25) is 0 Å². The Kier molecular flexibility index (Phi) is 5.41. The van der Waals surface area contributed by atoms with Crippen molar-refractivity contribution >= 4 is 28.9 Å². The number of anilines is 1. The van der Waals surface area contributed by atoms with E-state index in [1.165, 1.54) is 6.07 Å². The number of carbonyl (C=O) groups is 1. The smallest absolute Gasteiger partial charge is 0.293 e. The maximum absolute atomic E-state index is 12.0. The summed E-state index contributed by atoms with van der Waals surface area (Å²) >= 11 is 5.93. The summed E-state index contributed by atoms with van der Waals surface area (Å²) in [6.07, 6.45) is 0. The molecule has 0 spiro atoms. The van der Waals surface area contributed by atoms with E-state index in [-0.39, 0.29) is 18.0 Å². The molecule has 6 nitrogen and oxygen atoms in total. The van der Waals surface area contributed by atoms with E-state index in [4.69, 9.17) is 16.3 Å². The van der Waals surface area contributed by atoms with Crippen LogP contribution >= 0.6 is 11.6 Å². The van der Waals surface area contributed by atoms with Gasteiger partial charge in [0.15, 0.2) is 6.61 Å². The van der Waals surface area contributed by atoms with Gasteiger partial charge in [0.05, 0.1) is 4.92 Å². The van der Waals surface area contributed by atoms with Gasteiger partial charge >= 0.3 is 0 Å². The molecule has 126 valence electrons. The summed E-state index contributed by atoms with van der Waals surface area (Å²) in [7, 11) is 0. The first-order valence-electron chi connectivity index (χ1n) is 7.22. The molecule has 0 aliphatic heterocycles. The Hall–Kier alpha value is -2.60. The van der Waals surface area contributed by atoms with Crippen LogP contribution in [0.1, 0.15) is 16.7 Å². The number of nitro groups is 1. The molecule has 0 aliphatic rings. The van der Waals surface area contributed by atoms with Crippen molar-refractivity contribution in [1.29, 1.82) is 0 Å². The van der Waals surface area contributed by atoms with E-state index in [1.807, 2.05) is 13.8 Å². The lowest BCUT2D eigenvalue weighted by Crippen LogP contribution is -2.21. The number of nitro benzene ring substituents is 1. The minimum atomic E-state index is -0.522. The number of hydrogen-bond donors (Lipinski definition) is 1. The fraction of sp³-hybridized carbons (Fsp3) is 0.235. The normalized spacial score (nSPS) is 10.3. The SMILES string of the molecule is Cc1cc(NC(=O)COc2ccc(Cl)c(C)c2)c([N+](=O)[O-])cc1C. The van der Waals surface area contributed by atoms with Crippen molar-refractivity contribution in [3.05, 3.63) is 62.2 Å². The molecule has 0 saturated heterocycles. The fourth-order valence-corrected chi connectivity index (χ4v) is 2.21. The van der Waals surface area contributed by atoms with Crippen molar-refractivity contribution in [3.8, 4) is 5.75 Å². The molecule has 0 heterocycles. The van der Waals surface area contributed by atoms with Crippen LogP contribution in [-0.4, -0.2) is 17.4 Å². The number of benzene rings is 2. The minimum Gasteiger partial charge on any atom is -0.484 e. The van der Waals surface area contributed by atoms with Gasteiger partial charge in [-0.2, -0.15) is 0 Å². The number of ether oxygens (including phenoxy) is 1. The molecule has 2 rings (SSSR count). The number of rotatable bonds is 5.